The quantitative estimate of drug-likeness (QED) is 0.440. The number of nitrogens with zero attached hydrogens (tertiary/aromatic N) is 2. The maximum Gasteiger partial charge on any atom is 0.264 e. The van der Waals surface area contributed by atoms with E-state index in [2.05, 4.69) is 10.5 Å². The van der Waals surface area contributed by atoms with Crippen molar-refractivity contribution in [3.63, 3.8) is 0 Å². The molecule has 0 fully saturated rings. The molecule has 0 saturated heterocycles. The molecule has 0 saturated carbocycles. The Morgan fingerprint density at radius 1 is 1.10 bits per heavy atom. The molecule has 3 rings (SSSR count). The topological polar surface area (TPSA) is 88.1 Å². The van der Waals surface area contributed by atoms with Crippen LogP contribution in [0.15, 0.2) is 82.1 Å². The van der Waals surface area contributed by atoms with Gasteiger partial charge in [0.2, 0.25) is 0 Å². The smallest absolute Gasteiger partial charge is 0.264 e. The molecule has 0 bridgehead atoms. The fraction of sp³-hybridized carbons (Fsp3) is 0.100. The Morgan fingerprint density at radius 3 is 2.52 bits per heavy atom. The van der Waals surface area contributed by atoms with Crippen LogP contribution in [0.3, 0.4) is 0 Å². The predicted octanol–water partition coefficient (Wildman–Crippen LogP) is 3.10. The van der Waals surface area contributed by atoms with Gasteiger partial charge >= 0.3 is 0 Å². The Kier molecular flexibility index (Phi) is 6.63. The lowest BCUT2D eigenvalue weighted by molar-refractivity contribution is -0.119. The number of nitrogens with one attached hydrogen (secondary N) is 1. The van der Waals surface area contributed by atoms with E-state index in [4.69, 9.17) is 4.74 Å². The molecular formula is C20H19N3O4S2. The van der Waals surface area contributed by atoms with E-state index in [1.54, 1.807) is 42.5 Å². The first-order chi connectivity index (χ1) is 14.0. The van der Waals surface area contributed by atoms with Crippen LogP contribution in [0.2, 0.25) is 0 Å². The average molecular weight is 430 g/mol. The van der Waals surface area contributed by atoms with Gasteiger partial charge in [0.1, 0.15) is 12.3 Å². The highest BCUT2D eigenvalue weighted by molar-refractivity contribution is 7.92. The highest BCUT2D eigenvalue weighted by Crippen LogP contribution is 2.31. The van der Waals surface area contributed by atoms with E-state index in [0.717, 1.165) is 9.18 Å². The maximum absolute atomic E-state index is 13.3. The van der Waals surface area contributed by atoms with Crippen LogP contribution in [0.4, 0.5) is 5.69 Å². The molecule has 3 aromatic rings. The molecule has 1 aromatic heterocycles. The summed E-state index contributed by atoms with van der Waals surface area (Å²) in [5, 5.41) is 5.78. The normalized spacial score (nSPS) is 11.3. The lowest BCUT2D eigenvalue weighted by Crippen LogP contribution is -2.39. The minimum absolute atomic E-state index is 0.0702. The van der Waals surface area contributed by atoms with Gasteiger partial charge in [-0.05, 0) is 35.7 Å². The van der Waals surface area contributed by atoms with Crippen LogP contribution in [-0.4, -0.2) is 34.2 Å². The van der Waals surface area contributed by atoms with Gasteiger partial charge in [0.05, 0.1) is 23.9 Å². The molecule has 9 heteroatoms. The number of hydrogen-bond donors (Lipinski definition) is 1. The van der Waals surface area contributed by atoms with Gasteiger partial charge in [0.15, 0.2) is 0 Å². The second-order valence-corrected chi connectivity index (χ2v) is 8.65. The van der Waals surface area contributed by atoms with Gasteiger partial charge in [0.25, 0.3) is 15.9 Å². The molecule has 1 N–H and O–H groups in total. The summed E-state index contributed by atoms with van der Waals surface area (Å²) < 4.78 is 32.8. The largest absolute Gasteiger partial charge is 0.495 e. The first kappa shape index (κ1) is 20.6. The van der Waals surface area contributed by atoms with Crippen LogP contribution < -0.4 is 14.5 Å². The molecule has 1 heterocycles. The number of sulfonamides is 1. The minimum Gasteiger partial charge on any atom is -0.495 e. The maximum atomic E-state index is 13.3. The number of benzene rings is 2. The molecule has 1 amide bonds. The number of carbonyl (C=O) groups excluding carboxylic acids is 1. The molecule has 0 aliphatic carbocycles. The predicted molar refractivity (Wildman–Crippen MR) is 114 cm³/mol. The van der Waals surface area contributed by atoms with E-state index in [9.17, 15) is 13.2 Å². The molecule has 0 radical (unpaired) electrons. The third-order valence-electron chi connectivity index (χ3n) is 3.90. The van der Waals surface area contributed by atoms with Crippen molar-refractivity contribution in [2.75, 3.05) is 18.0 Å². The van der Waals surface area contributed by atoms with Crippen molar-refractivity contribution in [2.45, 2.75) is 4.90 Å². The van der Waals surface area contributed by atoms with Gasteiger partial charge in [-0.1, -0.05) is 36.4 Å². The van der Waals surface area contributed by atoms with E-state index in [1.807, 2.05) is 17.5 Å². The molecule has 0 unspecified atom stereocenters. The number of methoxy groups -OCH3 is 1. The Labute approximate surface area is 173 Å². The van der Waals surface area contributed by atoms with E-state index in [0.29, 0.717) is 5.75 Å². The molecule has 7 nitrogen and oxygen atoms in total. The van der Waals surface area contributed by atoms with Crippen molar-refractivity contribution in [3.05, 3.63) is 77.0 Å². The number of amides is 1. The van der Waals surface area contributed by atoms with Crippen LogP contribution >= 0.6 is 11.3 Å². The summed E-state index contributed by atoms with van der Waals surface area (Å²) in [6.45, 7) is -0.459. The van der Waals surface area contributed by atoms with Crippen molar-refractivity contribution < 1.29 is 17.9 Å². The SMILES string of the molecule is COc1ccccc1N(CC(=O)N/N=C\c1cccs1)S(=O)(=O)c1ccccc1. The third kappa shape index (κ3) is 5.01. The molecule has 0 spiro atoms. The lowest BCUT2D eigenvalue weighted by atomic mass is 10.3. The fourth-order valence-electron chi connectivity index (χ4n) is 2.55. The third-order valence-corrected chi connectivity index (χ3v) is 6.48. The zero-order valence-electron chi connectivity index (χ0n) is 15.6. The highest BCUT2D eigenvalue weighted by atomic mass is 32.2. The van der Waals surface area contributed by atoms with Crippen molar-refractivity contribution in [3.8, 4) is 5.75 Å². The molecule has 0 aliphatic heterocycles. The fourth-order valence-corrected chi connectivity index (χ4v) is 4.59. The Hall–Kier alpha value is -3.17. The van der Waals surface area contributed by atoms with Crippen LogP contribution in [0, 0.1) is 0 Å². The van der Waals surface area contributed by atoms with Crippen molar-refractivity contribution in [1.82, 2.24) is 5.43 Å². The van der Waals surface area contributed by atoms with Gasteiger partial charge in [-0.2, -0.15) is 5.10 Å². The van der Waals surface area contributed by atoms with Gasteiger partial charge in [-0.15, -0.1) is 11.3 Å². The van der Waals surface area contributed by atoms with Crippen LogP contribution in [0.25, 0.3) is 0 Å². The summed E-state index contributed by atoms with van der Waals surface area (Å²) >= 11 is 1.47. The number of thiophene rings is 1. The molecule has 0 aliphatic rings. The summed E-state index contributed by atoms with van der Waals surface area (Å²) in [4.78, 5) is 13.4. The van der Waals surface area contributed by atoms with Gasteiger partial charge < -0.3 is 4.74 Å². The number of hydrazone groups is 1. The van der Waals surface area contributed by atoms with Crippen molar-refractivity contribution >= 4 is 39.2 Å². The standard InChI is InChI=1S/C20H19N3O4S2/c1-27-19-12-6-5-11-18(19)23(29(25,26)17-9-3-2-4-10-17)15-20(24)22-21-14-16-8-7-13-28-16/h2-14H,15H2,1H3,(H,22,24)/b21-14-. The van der Waals surface area contributed by atoms with Gasteiger partial charge in [-0.3, -0.25) is 9.10 Å². The molecule has 0 atom stereocenters. The first-order valence-corrected chi connectivity index (χ1v) is 10.9. The molecule has 150 valence electrons. The Morgan fingerprint density at radius 2 is 1.83 bits per heavy atom. The summed E-state index contributed by atoms with van der Waals surface area (Å²) in [7, 11) is -2.57. The van der Waals surface area contributed by atoms with Crippen LogP contribution in [0.1, 0.15) is 4.88 Å². The first-order valence-electron chi connectivity index (χ1n) is 8.58. The van der Waals surface area contributed by atoms with Gasteiger partial charge in [-0.25, -0.2) is 13.8 Å². The summed E-state index contributed by atoms with van der Waals surface area (Å²) in [5.74, 6) is -0.245. The lowest BCUT2D eigenvalue weighted by Gasteiger charge is -2.25. The number of rotatable bonds is 8. The monoisotopic (exact) mass is 429 g/mol. The van der Waals surface area contributed by atoms with E-state index in [-0.39, 0.29) is 10.6 Å². The summed E-state index contributed by atoms with van der Waals surface area (Å²) in [5.41, 5.74) is 2.63. The number of ether oxygens (including phenoxy) is 1. The minimum atomic E-state index is -4.01. The van der Waals surface area contributed by atoms with E-state index in [1.165, 1.54) is 36.8 Å². The Balaban J connectivity index is 1.90. The second kappa shape index (κ2) is 9.35. The zero-order chi connectivity index (χ0) is 20.7. The Bertz CT molecular complexity index is 1080. The second-order valence-electron chi connectivity index (χ2n) is 5.81. The highest BCUT2D eigenvalue weighted by Gasteiger charge is 2.29. The number of para-hydroxylation sites is 2. The molecular weight excluding hydrogens is 410 g/mol. The van der Waals surface area contributed by atoms with Crippen LogP contribution in [0.5, 0.6) is 5.75 Å². The zero-order valence-corrected chi connectivity index (χ0v) is 17.2. The summed E-state index contributed by atoms with van der Waals surface area (Å²) in [6.07, 6.45) is 1.50. The number of carbonyl (C=O) groups is 1. The number of hydrogen-bond acceptors (Lipinski definition) is 6. The van der Waals surface area contributed by atoms with E-state index >= 15 is 0 Å². The number of anilines is 1. The van der Waals surface area contributed by atoms with E-state index < -0.39 is 22.5 Å². The van der Waals surface area contributed by atoms with Crippen molar-refractivity contribution in [1.29, 1.82) is 0 Å². The summed E-state index contributed by atoms with van der Waals surface area (Å²) in [6, 6.07) is 18.3. The van der Waals surface area contributed by atoms with Crippen molar-refractivity contribution in [2.24, 2.45) is 5.10 Å². The average Bonchev–Trinajstić information content (AvgIpc) is 3.26. The molecule has 2 aromatic carbocycles. The van der Waals surface area contributed by atoms with Gasteiger partial charge in [0, 0.05) is 4.88 Å². The van der Waals surface area contributed by atoms with Crippen LogP contribution in [-0.2, 0) is 14.8 Å². The molecule has 29 heavy (non-hydrogen) atoms.